The number of carbonyl (C=O) groups is 2. The van der Waals surface area contributed by atoms with Crippen molar-refractivity contribution in [1.29, 1.82) is 0 Å². The van der Waals surface area contributed by atoms with E-state index < -0.39 is 26.6 Å². The third-order valence-corrected chi connectivity index (χ3v) is 14.3. The number of ether oxygens (including phenoxy) is 1. The quantitative estimate of drug-likeness (QED) is 0.0212. The molecule has 0 aliphatic heterocycles. The van der Waals surface area contributed by atoms with E-state index in [1.165, 1.54) is 116 Å². The Bertz CT molecular complexity index is 1560. The van der Waals surface area contributed by atoms with E-state index in [9.17, 15) is 19.0 Å². The van der Waals surface area contributed by atoms with Crippen LogP contribution in [0.25, 0.3) is 0 Å². The number of phosphoric acid groups is 1. The van der Waals surface area contributed by atoms with Gasteiger partial charge in [-0.15, -0.1) is 0 Å². The lowest BCUT2D eigenvalue weighted by atomic mass is 10.1. The van der Waals surface area contributed by atoms with Crippen molar-refractivity contribution in [2.75, 3.05) is 40.9 Å². The molecule has 0 rings (SSSR count). The molecule has 3 unspecified atom stereocenters. The standard InChI is InChI=1S/C65H117N2O7P/c1-7-10-13-16-19-22-25-27-29-31-32-33-34-36-38-40-43-46-49-52-55-58-65(69)74-63(56-53-50-47-44-41-24-21-18-15-12-9-3)62(61-73-75(70,71)72-60-59-67(4,5)6)66-64(68)57-54-51-48-45-42-39-37-35-30-28-26-23-20-17-14-11-8-2/h19-20,22-23,27-30,32-33,36,38,53,56,62-63H,7-18,21,24-26,31,34-35,37,39-52,54-55,57-61H2,1-6H3,(H-,66,68,70,71)/b22-19-,23-20-,29-27-,30-28-,33-32-,38-36-,56-53+. The van der Waals surface area contributed by atoms with E-state index in [0.29, 0.717) is 23.9 Å². The van der Waals surface area contributed by atoms with Crippen molar-refractivity contribution in [2.24, 2.45) is 0 Å². The fourth-order valence-electron chi connectivity index (χ4n) is 8.48. The van der Waals surface area contributed by atoms with E-state index >= 15 is 0 Å². The van der Waals surface area contributed by atoms with E-state index in [4.69, 9.17) is 13.8 Å². The molecule has 0 aliphatic carbocycles. The Morgan fingerprint density at radius 1 is 0.467 bits per heavy atom. The molecule has 0 bridgehead atoms. The monoisotopic (exact) mass is 1070 g/mol. The maximum absolute atomic E-state index is 13.5. The SMILES string of the molecule is CCCCC/C=C\C/C=C\C/C=C\C/C=C\CCCCCCCC(=O)OC(/C=C/CCCCCCCCCCC)C(COP(=O)([O-])OCC[N+](C)(C)C)NC(=O)CCCCCCCCC/C=C\C/C=C\CCCCC. The Morgan fingerprint density at radius 2 is 0.813 bits per heavy atom. The maximum atomic E-state index is 13.5. The summed E-state index contributed by atoms with van der Waals surface area (Å²) in [5.74, 6) is -0.573. The summed E-state index contributed by atoms with van der Waals surface area (Å²) < 4.78 is 30.3. The second kappa shape index (κ2) is 54.5. The minimum Gasteiger partial charge on any atom is -0.756 e. The van der Waals surface area contributed by atoms with Crippen molar-refractivity contribution in [3.63, 3.8) is 0 Å². The molecule has 0 radical (unpaired) electrons. The predicted molar refractivity (Wildman–Crippen MR) is 321 cm³/mol. The van der Waals surface area contributed by atoms with Gasteiger partial charge < -0.3 is 28.5 Å². The van der Waals surface area contributed by atoms with Gasteiger partial charge >= 0.3 is 5.97 Å². The Labute approximate surface area is 463 Å². The largest absolute Gasteiger partial charge is 0.756 e. The van der Waals surface area contributed by atoms with Crippen molar-refractivity contribution in [3.8, 4) is 0 Å². The van der Waals surface area contributed by atoms with Gasteiger partial charge in [0.05, 0.1) is 33.8 Å². The number of nitrogens with one attached hydrogen (secondary N) is 1. The number of esters is 1. The van der Waals surface area contributed by atoms with Gasteiger partial charge in [0.25, 0.3) is 7.82 Å². The van der Waals surface area contributed by atoms with Crippen molar-refractivity contribution in [1.82, 2.24) is 5.32 Å². The number of likely N-dealkylation sites (N-methyl/N-ethyl adjacent to an activating group) is 1. The van der Waals surface area contributed by atoms with E-state index in [0.717, 1.165) is 109 Å². The summed E-state index contributed by atoms with van der Waals surface area (Å²) in [6, 6.07) is -0.904. The second-order valence-electron chi connectivity index (χ2n) is 21.8. The van der Waals surface area contributed by atoms with Crippen LogP contribution in [-0.2, 0) is 27.9 Å². The van der Waals surface area contributed by atoms with Crippen LogP contribution in [0.15, 0.2) is 85.1 Å². The number of unbranched alkanes of at least 4 members (excludes halogenated alkanes) is 27. The topological polar surface area (TPSA) is 114 Å². The Kier molecular flexibility index (Phi) is 52.5. The first-order valence-corrected chi connectivity index (χ1v) is 32.4. The molecule has 0 aliphatic rings. The van der Waals surface area contributed by atoms with Crippen LogP contribution in [-0.4, -0.2) is 69.4 Å². The molecular formula is C65H117N2O7P. The molecule has 0 saturated carbocycles. The van der Waals surface area contributed by atoms with E-state index in [2.05, 4.69) is 99.0 Å². The minimum atomic E-state index is -4.71. The molecule has 434 valence electrons. The summed E-state index contributed by atoms with van der Waals surface area (Å²) in [5.41, 5.74) is 0. The van der Waals surface area contributed by atoms with Gasteiger partial charge in [0.2, 0.25) is 5.91 Å². The van der Waals surface area contributed by atoms with Crippen LogP contribution in [0.3, 0.4) is 0 Å². The van der Waals surface area contributed by atoms with Gasteiger partial charge in [-0.3, -0.25) is 14.2 Å². The molecular weight excluding hydrogens is 952 g/mol. The number of allylic oxidation sites excluding steroid dienone is 13. The molecule has 1 amide bonds. The highest BCUT2D eigenvalue weighted by Gasteiger charge is 2.27. The van der Waals surface area contributed by atoms with Gasteiger partial charge in [0, 0.05) is 12.8 Å². The number of amides is 1. The van der Waals surface area contributed by atoms with Gasteiger partial charge in [-0.05, 0) is 109 Å². The van der Waals surface area contributed by atoms with Crippen LogP contribution in [0, 0.1) is 0 Å². The van der Waals surface area contributed by atoms with Crippen molar-refractivity contribution in [3.05, 3.63) is 85.1 Å². The zero-order valence-corrected chi connectivity index (χ0v) is 50.4. The number of nitrogens with zero attached hydrogens (tertiary/aromatic N) is 1. The van der Waals surface area contributed by atoms with Crippen molar-refractivity contribution < 1.29 is 37.3 Å². The zero-order chi connectivity index (χ0) is 55.0. The highest BCUT2D eigenvalue weighted by molar-refractivity contribution is 7.45. The molecule has 0 aromatic heterocycles. The number of hydrogen-bond donors (Lipinski definition) is 1. The van der Waals surface area contributed by atoms with Gasteiger partial charge in [-0.2, -0.15) is 0 Å². The molecule has 0 aromatic carbocycles. The Hall–Kier alpha value is -2.81. The first-order valence-electron chi connectivity index (χ1n) is 30.9. The highest BCUT2D eigenvalue weighted by Crippen LogP contribution is 2.38. The summed E-state index contributed by atoms with van der Waals surface area (Å²) >= 11 is 0. The van der Waals surface area contributed by atoms with Gasteiger partial charge in [-0.25, -0.2) is 0 Å². The zero-order valence-electron chi connectivity index (χ0n) is 49.5. The number of quaternary nitrogens is 1. The van der Waals surface area contributed by atoms with Crippen LogP contribution in [0.4, 0.5) is 0 Å². The van der Waals surface area contributed by atoms with Gasteiger partial charge in [0.15, 0.2) is 0 Å². The normalized spacial score (nSPS) is 14.3. The molecule has 0 heterocycles. The molecule has 1 N–H and O–H groups in total. The highest BCUT2D eigenvalue weighted by atomic mass is 31.2. The average molecular weight is 1070 g/mol. The fraction of sp³-hybridized carbons (Fsp3) is 0.754. The molecule has 0 aromatic rings. The van der Waals surface area contributed by atoms with Gasteiger partial charge in [0.1, 0.15) is 19.3 Å². The second-order valence-corrected chi connectivity index (χ2v) is 23.3. The van der Waals surface area contributed by atoms with Crippen LogP contribution < -0.4 is 10.2 Å². The molecule has 10 heteroatoms. The molecule has 0 saturated heterocycles. The lowest BCUT2D eigenvalue weighted by Crippen LogP contribution is -2.47. The predicted octanol–water partition coefficient (Wildman–Crippen LogP) is 18.4. The summed E-state index contributed by atoms with van der Waals surface area (Å²) in [5, 5.41) is 3.02. The lowest BCUT2D eigenvalue weighted by molar-refractivity contribution is -0.870. The van der Waals surface area contributed by atoms with Crippen molar-refractivity contribution >= 4 is 19.7 Å². The third kappa shape index (κ3) is 55.7. The number of rotatable bonds is 55. The molecule has 9 nitrogen and oxygen atoms in total. The molecule has 0 fully saturated rings. The van der Waals surface area contributed by atoms with E-state index in [1.54, 1.807) is 0 Å². The average Bonchev–Trinajstić information content (AvgIpc) is 3.37. The third-order valence-electron chi connectivity index (χ3n) is 13.3. The Morgan fingerprint density at radius 3 is 1.24 bits per heavy atom. The van der Waals surface area contributed by atoms with Crippen LogP contribution >= 0.6 is 7.82 Å². The first kappa shape index (κ1) is 72.2. The summed E-state index contributed by atoms with van der Waals surface area (Å²) in [6.45, 7) is 6.76. The fourth-order valence-corrected chi connectivity index (χ4v) is 9.20. The number of hydrogen-bond acceptors (Lipinski definition) is 7. The van der Waals surface area contributed by atoms with E-state index in [-0.39, 0.29) is 24.9 Å². The maximum Gasteiger partial charge on any atom is 0.306 e. The van der Waals surface area contributed by atoms with Gasteiger partial charge in [-0.1, -0.05) is 228 Å². The molecule has 0 spiro atoms. The number of carbonyl (C=O) groups excluding carboxylic acids is 2. The Balaban J connectivity index is 5.28. The van der Waals surface area contributed by atoms with Crippen LogP contribution in [0.1, 0.15) is 265 Å². The molecule has 3 atom stereocenters. The summed E-state index contributed by atoms with van der Waals surface area (Å²) in [6.07, 6.45) is 71.1. The number of phosphoric ester groups is 1. The van der Waals surface area contributed by atoms with Crippen LogP contribution in [0.2, 0.25) is 0 Å². The minimum absolute atomic E-state index is 0.0307. The van der Waals surface area contributed by atoms with Crippen molar-refractivity contribution in [2.45, 2.75) is 277 Å². The van der Waals surface area contributed by atoms with Crippen LogP contribution in [0.5, 0.6) is 0 Å². The van der Waals surface area contributed by atoms with E-state index in [1.807, 2.05) is 33.3 Å². The lowest BCUT2D eigenvalue weighted by Gasteiger charge is -2.30. The molecule has 75 heavy (non-hydrogen) atoms. The summed E-state index contributed by atoms with van der Waals surface area (Å²) in [4.78, 5) is 39.9. The summed E-state index contributed by atoms with van der Waals surface area (Å²) in [7, 11) is 1.16. The smallest absolute Gasteiger partial charge is 0.306 e. The first-order chi connectivity index (χ1) is 36.4.